The Hall–Kier alpha value is -2.63. The molecule has 1 aliphatic rings. The van der Waals surface area contributed by atoms with Crippen molar-refractivity contribution in [2.75, 3.05) is 10.2 Å². The molecule has 0 spiro atoms. The molecular weight excluding hydrogens is 383 g/mol. The van der Waals surface area contributed by atoms with Crippen LogP contribution in [-0.2, 0) is 6.42 Å². The summed E-state index contributed by atoms with van der Waals surface area (Å²) in [6.07, 6.45) is 3.79. The summed E-state index contributed by atoms with van der Waals surface area (Å²) in [7, 11) is 0. The number of para-hydroxylation sites is 2. The molecule has 0 saturated heterocycles. The number of anilines is 3. The topological polar surface area (TPSA) is 58.1 Å². The lowest BCUT2D eigenvalue weighted by Gasteiger charge is -2.22. The highest BCUT2D eigenvalue weighted by Gasteiger charge is 2.31. The lowest BCUT2D eigenvalue weighted by Crippen LogP contribution is -2.36. The van der Waals surface area contributed by atoms with Gasteiger partial charge in [-0.2, -0.15) is 0 Å². The van der Waals surface area contributed by atoms with Crippen molar-refractivity contribution in [3.8, 4) is 0 Å². The molecule has 1 aromatic heterocycles. The normalized spacial score (nSPS) is 15.5. The molecule has 2 aromatic carbocycles. The molecule has 0 fully saturated rings. The first-order valence-electron chi connectivity index (χ1n) is 8.49. The van der Waals surface area contributed by atoms with Gasteiger partial charge >= 0.3 is 0 Å². The standard InChI is InChI=1S/C20H16Cl2N4O/c1-12-9-13-5-2-3-8-17(13)26(12)20(27)16-10-24-18(11-23-16)25-19-14(21)6-4-7-15(19)22/h2-8,10-12H,9H2,1H3,(H,24,25). The van der Waals surface area contributed by atoms with E-state index >= 15 is 0 Å². The van der Waals surface area contributed by atoms with Crippen LogP contribution in [-0.4, -0.2) is 21.9 Å². The Morgan fingerprint density at radius 2 is 1.81 bits per heavy atom. The lowest BCUT2D eigenvalue weighted by molar-refractivity contribution is 0.0976. The molecule has 1 atom stereocenters. The number of nitrogens with zero attached hydrogens (tertiary/aromatic N) is 3. The molecule has 3 aromatic rings. The minimum atomic E-state index is -0.165. The average molecular weight is 399 g/mol. The Labute approximate surface area is 167 Å². The van der Waals surface area contributed by atoms with Crippen LogP contribution in [0.3, 0.4) is 0 Å². The summed E-state index contributed by atoms with van der Waals surface area (Å²) in [6.45, 7) is 2.03. The SMILES string of the molecule is CC1Cc2ccccc2N1C(=O)c1cnc(Nc2c(Cl)cccc2Cl)cn1. The molecule has 1 aliphatic heterocycles. The fourth-order valence-electron chi connectivity index (χ4n) is 3.25. The van der Waals surface area contributed by atoms with Crippen molar-refractivity contribution < 1.29 is 4.79 Å². The molecule has 0 saturated carbocycles. The highest BCUT2D eigenvalue weighted by molar-refractivity contribution is 6.39. The second-order valence-electron chi connectivity index (χ2n) is 6.37. The van der Waals surface area contributed by atoms with E-state index in [9.17, 15) is 4.79 Å². The Kier molecular flexibility index (Phi) is 4.72. The van der Waals surface area contributed by atoms with Crippen LogP contribution in [0.5, 0.6) is 0 Å². The maximum absolute atomic E-state index is 13.0. The van der Waals surface area contributed by atoms with E-state index in [0.717, 1.165) is 17.7 Å². The van der Waals surface area contributed by atoms with Gasteiger partial charge in [-0.15, -0.1) is 0 Å². The Morgan fingerprint density at radius 3 is 2.52 bits per heavy atom. The number of fused-ring (bicyclic) bond motifs is 1. The van der Waals surface area contributed by atoms with Crippen LogP contribution >= 0.6 is 23.2 Å². The molecule has 5 nitrogen and oxygen atoms in total. The van der Waals surface area contributed by atoms with Gasteiger partial charge in [-0.3, -0.25) is 4.79 Å². The number of nitrogens with one attached hydrogen (secondary N) is 1. The van der Waals surface area contributed by atoms with E-state index in [-0.39, 0.29) is 17.6 Å². The number of amides is 1. The summed E-state index contributed by atoms with van der Waals surface area (Å²) in [4.78, 5) is 23.3. The van der Waals surface area contributed by atoms with Gasteiger partial charge in [-0.1, -0.05) is 47.5 Å². The number of halogens is 2. The van der Waals surface area contributed by atoms with Crippen LogP contribution in [0, 0.1) is 0 Å². The van der Waals surface area contributed by atoms with Crippen LogP contribution in [0.4, 0.5) is 17.2 Å². The first kappa shape index (κ1) is 17.8. The second kappa shape index (κ2) is 7.18. The van der Waals surface area contributed by atoms with Gasteiger partial charge in [0.25, 0.3) is 5.91 Å². The van der Waals surface area contributed by atoms with Crippen molar-refractivity contribution in [1.82, 2.24) is 9.97 Å². The van der Waals surface area contributed by atoms with Crippen LogP contribution in [0.1, 0.15) is 23.0 Å². The molecule has 7 heteroatoms. The summed E-state index contributed by atoms with van der Waals surface area (Å²) in [5, 5.41) is 4.00. The minimum absolute atomic E-state index is 0.0800. The van der Waals surface area contributed by atoms with Gasteiger partial charge in [0.05, 0.1) is 28.1 Å². The van der Waals surface area contributed by atoms with E-state index in [1.165, 1.54) is 12.4 Å². The predicted octanol–water partition coefficient (Wildman–Crippen LogP) is 5.12. The van der Waals surface area contributed by atoms with Crippen molar-refractivity contribution in [2.24, 2.45) is 0 Å². The van der Waals surface area contributed by atoms with Gasteiger partial charge in [0.2, 0.25) is 0 Å². The average Bonchev–Trinajstić information content (AvgIpc) is 3.00. The second-order valence-corrected chi connectivity index (χ2v) is 7.18. The van der Waals surface area contributed by atoms with Gasteiger partial charge in [0.1, 0.15) is 11.5 Å². The number of hydrogen-bond donors (Lipinski definition) is 1. The summed E-state index contributed by atoms with van der Waals surface area (Å²) in [5.74, 6) is 0.290. The van der Waals surface area contributed by atoms with Crippen LogP contribution in [0.2, 0.25) is 10.0 Å². The number of hydrogen-bond acceptors (Lipinski definition) is 4. The highest BCUT2D eigenvalue weighted by Crippen LogP contribution is 2.33. The zero-order valence-corrected chi connectivity index (χ0v) is 16.0. The zero-order chi connectivity index (χ0) is 19.0. The van der Waals surface area contributed by atoms with E-state index < -0.39 is 0 Å². The number of benzene rings is 2. The Morgan fingerprint density at radius 1 is 1.07 bits per heavy atom. The molecule has 4 rings (SSSR count). The van der Waals surface area contributed by atoms with E-state index in [2.05, 4.69) is 15.3 Å². The van der Waals surface area contributed by atoms with E-state index in [1.807, 2.05) is 31.2 Å². The number of carbonyl (C=O) groups excluding carboxylic acids is 1. The van der Waals surface area contributed by atoms with Crippen molar-refractivity contribution in [2.45, 2.75) is 19.4 Å². The van der Waals surface area contributed by atoms with Crippen molar-refractivity contribution in [1.29, 1.82) is 0 Å². The third-order valence-electron chi connectivity index (χ3n) is 4.51. The molecule has 1 amide bonds. The fraction of sp³-hybridized carbons (Fsp3) is 0.150. The first-order chi connectivity index (χ1) is 13.0. The number of rotatable bonds is 3. The van der Waals surface area contributed by atoms with Crippen molar-refractivity contribution in [3.05, 3.63) is 76.2 Å². The third kappa shape index (κ3) is 3.36. The molecule has 2 heterocycles. The monoisotopic (exact) mass is 398 g/mol. The lowest BCUT2D eigenvalue weighted by atomic mass is 10.1. The molecule has 1 unspecified atom stereocenters. The summed E-state index contributed by atoms with van der Waals surface area (Å²) in [5.41, 5.74) is 2.94. The van der Waals surface area contributed by atoms with Crippen molar-refractivity contribution in [3.63, 3.8) is 0 Å². The minimum Gasteiger partial charge on any atom is -0.337 e. The van der Waals surface area contributed by atoms with Gasteiger partial charge in [-0.25, -0.2) is 9.97 Å². The molecule has 0 bridgehead atoms. The molecule has 0 aliphatic carbocycles. The van der Waals surface area contributed by atoms with Crippen LogP contribution in [0.15, 0.2) is 54.9 Å². The zero-order valence-electron chi connectivity index (χ0n) is 14.5. The molecule has 136 valence electrons. The largest absolute Gasteiger partial charge is 0.337 e. The number of carbonyl (C=O) groups is 1. The quantitative estimate of drug-likeness (QED) is 0.664. The third-order valence-corrected chi connectivity index (χ3v) is 5.14. The molecule has 0 radical (unpaired) electrons. The fourth-order valence-corrected chi connectivity index (χ4v) is 3.74. The van der Waals surface area contributed by atoms with E-state index in [0.29, 0.717) is 21.6 Å². The first-order valence-corrected chi connectivity index (χ1v) is 9.24. The predicted molar refractivity (Wildman–Crippen MR) is 108 cm³/mol. The summed E-state index contributed by atoms with van der Waals surface area (Å²) < 4.78 is 0. The van der Waals surface area contributed by atoms with Gasteiger partial charge < -0.3 is 10.2 Å². The van der Waals surface area contributed by atoms with Gasteiger partial charge in [0.15, 0.2) is 0 Å². The smallest absolute Gasteiger partial charge is 0.278 e. The molecular formula is C20H16Cl2N4O. The Bertz CT molecular complexity index is 987. The van der Waals surface area contributed by atoms with Gasteiger partial charge in [0, 0.05) is 11.7 Å². The van der Waals surface area contributed by atoms with E-state index in [4.69, 9.17) is 23.2 Å². The molecule has 27 heavy (non-hydrogen) atoms. The Balaban J connectivity index is 1.57. The summed E-state index contributed by atoms with van der Waals surface area (Å²) >= 11 is 12.3. The maximum Gasteiger partial charge on any atom is 0.278 e. The van der Waals surface area contributed by atoms with E-state index in [1.54, 1.807) is 23.1 Å². The van der Waals surface area contributed by atoms with Crippen LogP contribution in [0.25, 0.3) is 0 Å². The molecule has 1 N–H and O–H groups in total. The number of aromatic nitrogens is 2. The highest BCUT2D eigenvalue weighted by atomic mass is 35.5. The van der Waals surface area contributed by atoms with Crippen LogP contribution < -0.4 is 10.2 Å². The van der Waals surface area contributed by atoms with Gasteiger partial charge in [-0.05, 0) is 37.1 Å². The summed E-state index contributed by atoms with van der Waals surface area (Å²) in [6, 6.07) is 13.2. The van der Waals surface area contributed by atoms with Crippen molar-refractivity contribution >= 4 is 46.3 Å². The maximum atomic E-state index is 13.0.